The highest BCUT2D eigenvalue weighted by molar-refractivity contribution is 6.30. The molecule has 0 aliphatic carbocycles. The average Bonchev–Trinajstić information content (AvgIpc) is 3.16. The van der Waals surface area contributed by atoms with Crippen molar-refractivity contribution in [2.75, 3.05) is 62.3 Å². The van der Waals surface area contributed by atoms with E-state index in [-0.39, 0.29) is 0 Å². The van der Waals surface area contributed by atoms with Crippen molar-refractivity contribution < 1.29 is 4.74 Å². The number of aromatic nitrogens is 4. The highest BCUT2D eigenvalue weighted by Gasteiger charge is 2.21. The van der Waals surface area contributed by atoms with E-state index >= 15 is 0 Å². The quantitative estimate of drug-likeness (QED) is 0.632. The molecule has 2 aromatic heterocycles. The summed E-state index contributed by atoms with van der Waals surface area (Å²) in [6.45, 7) is 9.78. The van der Waals surface area contributed by atoms with Crippen LogP contribution in [0.5, 0.6) is 0 Å². The van der Waals surface area contributed by atoms with Gasteiger partial charge in [0.15, 0.2) is 5.82 Å². The number of nitrogens with zero attached hydrogens (tertiary/aromatic N) is 7. The summed E-state index contributed by atoms with van der Waals surface area (Å²) in [5, 5.41) is 5.58. The molecule has 30 heavy (non-hydrogen) atoms. The van der Waals surface area contributed by atoms with Crippen LogP contribution in [0.2, 0.25) is 5.02 Å². The summed E-state index contributed by atoms with van der Waals surface area (Å²) in [5.41, 5.74) is 2.14. The van der Waals surface area contributed by atoms with Gasteiger partial charge in [-0.05, 0) is 25.1 Å². The maximum Gasteiger partial charge on any atom is 0.254 e. The number of piperazine rings is 1. The third kappa shape index (κ3) is 4.08. The molecule has 0 saturated carbocycles. The second-order valence-electron chi connectivity index (χ2n) is 7.84. The zero-order valence-electron chi connectivity index (χ0n) is 17.2. The molecule has 5 rings (SSSR count). The summed E-state index contributed by atoms with van der Waals surface area (Å²) < 4.78 is 7.38. The van der Waals surface area contributed by atoms with E-state index in [4.69, 9.17) is 26.4 Å². The standard InChI is InChI=1S/C21H26ClN7O/c1-16-13-20(28-9-11-30-12-10-28)29-21(23-16)24-19(25-29)15-26-5-7-27(8-6-26)18-4-2-3-17(22)14-18/h2-4,13-14H,5-12,15H2,1H3. The number of rotatable bonds is 4. The van der Waals surface area contributed by atoms with E-state index in [1.165, 1.54) is 5.69 Å². The van der Waals surface area contributed by atoms with Gasteiger partial charge in [-0.25, -0.2) is 4.98 Å². The molecule has 3 aromatic rings. The molecule has 9 heteroatoms. The number of aryl methyl sites for hydroxylation is 1. The van der Waals surface area contributed by atoms with Crippen molar-refractivity contribution in [1.29, 1.82) is 0 Å². The highest BCUT2D eigenvalue weighted by atomic mass is 35.5. The first kappa shape index (κ1) is 19.5. The lowest BCUT2D eigenvalue weighted by Gasteiger charge is -2.35. The minimum Gasteiger partial charge on any atom is -0.378 e. The lowest BCUT2D eigenvalue weighted by Crippen LogP contribution is -2.46. The Morgan fingerprint density at radius 2 is 1.77 bits per heavy atom. The van der Waals surface area contributed by atoms with E-state index in [0.717, 1.165) is 81.4 Å². The van der Waals surface area contributed by atoms with Crippen molar-refractivity contribution in [3.8, 4) is 0 Å². The summed E-state index contributed by atoms with van der Waals surface area (Å²) in [5.74, 6) is 2.54. The predicted molar refractivity (Wildman–Crippen MR) is 117 cm³/mol. The summed E-state index contributed by atoms with van der Waals surface area (Å²) in [6.07, 6.45) is 0. The van der Waals surface area contributed by atoms with E-state index in [9.17, 15) is 0 Å². The molecule has 0 spiro atoms. The fraction of sp³-hybridized carbons (Fsp3) is 0.476. The fourth-order valence-corrected chi connectivity index (χ4v) is 4.32. The van der Waals surface area contributed by atoms with E-state index in [0.29, 0.717) is 5.78 Å². The molecule has 1 aromatic carbocycles. The Morgan fingerprint density at radius 1 is 0.967 bits per heavy atom. The largest absolute Gasteiger partial charge is 0.378 e. The molecule has 2 saturated heterocycles. The highest BCUT2D eigenvalue weighted by Crippen LogP contribution is 2.22. The molecule has 2 aliphatic heterocycles. The number of anilines is 2. The fourth-order valence-electron chi connectivity index (χ4n) is 4.13. The number of fused-ring (bicyclic) bond motifs is 1. The Bertz CT molecular complexity index is 1030. The number of hydrogen-bond acceptors (Lipinski definition) is 7. The minimum absolute atomic E-state index is 0.670. The molecule has 0 radical (unpaired) electrons. The van der Waals surface area contributed by atoms with Gasteiger partial charge >= 0.3 is 0 Å². The number of hydrogen-bond donors (Lipinski definition) is 0. The molecule has 0 atom stereocenters. The van der Waals surface area contributed by atoms with Crippen molar-refractivity contribution in [1.82, 2.24) is 24.5 Å². The zero-order chi connectivity index (χ0) is 20.5. The molecule has 2 aliphatic rings. The summed E-state index contributed by atoms with van der Waals surface area (Å²) in [7, 11) is 0. The molecule has 0 amide bonds. The van der Waals surface area contributed by atoms with Gasteiger partial charge in [0.1, 0.15) is 5.82 Å². The van der Waals surface area contributed by atoms with E-state index < -0.39 is 0 Å². The third-order valence-electron chi connectivity index (χ3n) is 5.71. The first-order valence-electron chi connectivity index (χ1n) is 10.4. The van der Waals surface area contributed by atoms with Gasteiger partial charge in [-0.15, -0.1) is 5.10 Å². The molecule has 8 nitrogen and oxygen atoms in total. The van der Waals surface area contributed by atoms with Gasteiger partial charge < -0.3 is 14.5 Å². The second kappa shape index (κ2) is 8.37. The lowest BCUT2D eigenvalue weighted by atomic mass is 10.2. The van der Waals surface area contributed by atoms with Gasteiger partial charge in [-0.2, -0.15) is 9.50 Å². The SMILES string of the molecule is Cc1cc(N2CCOCC2)n2nc(CN3CCN(c4cccc(Cl)c4)CC3)nc2n1. The first-order chi connectivity index (χ1) is 14.7. The van der Waals surface area contributed by atoms with E-state index in [2.05, 4.69) is 31.8 Å². The molecule has 158 valence electrons. The van der Waals surface area contributed by atoms with Gasteiger partial charge in [0.2, 0.25) is 0 Å². The van der Waals surface area contributed by atoms with Gasteiger partial charge in [0.05, 0.1) is 19.8 Å². The molecular formula is C21H26ClN7O. The molecule has 4 heterocycles. The Hall–Kier alpha value is -2.42. The van der Waals surface area contributed by atoms with Crippen molar-refractivity contribution in [3.63, 3.8) is 0 Å². The first-order valence-corrected chi connectivity index (χ1v) is 10.8. The lowest BCUT2D eigenvalue weighted by molar-refractivity contribution is 0.122. The van der Waals surface area contributed by atoms with Gasteiger partial charge in [-0.3, -0.25) is 4.90 Å². The smallest absolute Gasteiger partial charge is 0.254 e. The average molecular weight is 428 g/mol. The van der Waals surface area contributed by atoms with Crippen LogP contribution < -0.4 is 9.80 Å². The van der Waals surface area contributed by atoms with Crippen molar-refractivity contribution >= 4 is 28.9 Å². The third-order valence-corrected chi connectivity index (χ3v) is 5.95. The van der Waals surface area contributed by atoms with Gasteiger partial charge in [0.25, 0.3) is 5.78 Å². The Labute approximate surface area is 181 Å². The van der Waals surface area contributed by atoms with Crippen LogP contribution in [0.15, 0.2) is 30.3 Å². The van der Waals surface area contributed by atoms with Crippen LogP contribution in [-0.4, -0.2) is 77.0 Å². The Morgan fingerprint density at radius 3 is 2.53 bits per heavy atom. The number of ether oxygens (including phenoxy) is 1. The minimum atomic E-state index is 0.670. The topological polar surface area (TPSA) is 62.0 Å². The summed E-state index contributed by atoms with van der Waals surface area (Å²) in [4.78, 5) is 16.4. The number of benzene rings is 1. The van der Waals surface area contributed by atoms with Crippen LogP contribution in [0.3, 0.4) is 0 Å². The molecule has 0 bridgehead atoms. The molecule has 2 fully saturated rings. The van der Waals surface area contributed by atoms with Gasteiger partial charge in [-0.1, -0.05) is 17.7 Å². The summed E-state index contributed by atoms with van der Waals surface area (Å²) >= 11 is 6.15. The van der Waals surface area contributed by atoms with Gasteiger partial charge in [0, 0.05) is 61.7 Å². The van der Waals surface area contributed by atoms with Crippen LogP contribution in [0.1, 0.15) is 11.5 Å². The van der Waals surface area contributed by atoms with E-state index in [1.807, 2.05) is 29.6 Å². The number of morpholine rings is 1. The number of halogens is 1. The summed E-state index contributed by atoms with van der Waals surface area (Å²) in [6, 6.07) is 10.2. The van der Waals surface area contributed by atoms with Crippen molar-refractivity contribution in [3.05, 3.63) is 46.9 Å². The second-order valence-corrected chi connectivity index (χ2v) is 8.27. The van der Waals surface area contributed by atoms with Crippen LogP contribution in [0.25, 0.3) is 5.78 Å². The zero-order valence-corrected chi connectivity index (χ0v) is 17.9. The monoisotopic (exact) mass is 427 g/mol. The molecular weight excluding hydrogens is 402 g/mol. The van der Waals surface area contributed by atoms with E-state index in [1.54, 1.807) is 0 Å². The Kier molecular flexibility index (Phi) is 5.45. The van der Waals surface area contributed by atoms with Crippen LogP contribution in [-0.2, 0) is 11.3 Å². The van der Waals surface area contributed by atoms with Crippen molar-refractivity contribution in [2.24, 2.45) is 0 Å². The normalized spacial score (nSPS) is 18.3. The maximum atomic E-state index is 6.15. The van der Waals surface area contributed by atoms with Crippen molar-refractivity contribution in [2.45, 2.75) is 13.5 Å². The molecule has 0 unspecified atom stereocenters. The van der Waals surface area contributed by atoms with Crippen LogP contribution in [0.4, 0.5) is 11.5 Å². The molecule has 0 N–H and O–H groups in total. The predicted octanol–water partition coefficient (Wildman–Crippen LogP) is 2.24. The Balaban J connectivity index is 1.29. The maximum absolute atomic E-state index is 6.15. The van der Waals surface area contributed by atoms with Crippen LogP contribution in [0, 0.1) is 6.92 Å². The van der Waals surface area contributed by atoms with Crippen LogP contribution >= 0.6 is 11.6 Å².